The summed E-state index contributed by atoms with van der Waals surface area (Å²) in [5, 5.41) is 12.2. The first-order valence-corrected chi connectivity index (χ1v) is 4.93. The maximum Gasteiger partial charge on any atom is 0.365 e. The molecule has 13 heavy (non-hydrogen) atoms. The van der Waals surface area contributed by atoms with Crippen molar-refractivity contribution < 1.29 is 9.90 Å². The number of thiazole rings is 1. The molecule has 1 atom stereocenters. The molecule has 2 N–H and O–H groups in total. The fourth-order valence-electron chi connectivity index (χ4n) is 1.40. The second-order valence-corrected chi connectivity index (χ2v) is 4.26. The number of aromatic nitrogens is 1. The van der Waals surface area contributed by atoms with Gasteiger partial charge in [0.05, 0.1) is 5.69 Å². The zero-order chi connectivity index (χ0) is 9.42. The predicted molar refractivity (Wildman–Crippen MR) is 49.1 cm³/mol. The fourth-order valence-corrected chi connectivity index (χ4v) is 2.28. The Morgan fingerprint density at radius 1 is 1.77 bits per heavy atom. The molecule has 0 aromatic carbocycles. The van der Waals surface area contributed by atoms with Crippen LogP contribution in [-0.2, 0) is 13.0 Å². The van der Waals surface area contributed by atoms with E-state index in [0.717, 1.165) is 23.5 Å². The first-order valence-electron chi connectivity index (χ1n) is 4.12. The van der Waals surface area contributed by atoms with Crippen LogP contribution in [0, 0.1) is 0 Å². The van der Waals surface area contributed by atoms with Crippen LogP contribution in [0.5, 0.6) is 0 Å². The summed E-state index contributed by atoms with van der Waals surface area (Å²) in [7, 11) is 0. The van der Waals surface area contributed by atoms with Crippen molar-refractivity contribution in [3.63, 3.8) is 0 Å². The Kier molecular flexibility index (Phi) is 2.05. The van der Waals surface area contributed by atoms with Gasteiger partial charge in [-0.1, -0.05) is 0 Å². The second kappa shape index (κ2) is 3.08. The summed E-state index contributed by atoms with van der Waals surface area (Å²) in [6.07, 6.45) is 0.832. The van der Waals surface area contributed by atoms with Gasteiger partial charge in [-0.15, -0.1) is 11.3 Å². The van der Waals surface area contributed by atoms with Crippen molar-refractivity contribution in [2.75, 3.05) is 0 Å². The summed E-state index contributed by atoms with van der Waals surface area (Å²) >= 11 is 1.27. The first kappa shape index (κ1) is 8.65. The van der Waals surface area contributed by atoms with Crippen LogP contribution in [-0.4, -0.2) is 22.1 Å². The quantitative estimate of drug-likeness (QED) is 0.703. The van der Waals surface area contributed by atoms with E-state index in [0.29, 0.717) is 6.04 Å². The lowest BCUT2D eigenvalue weighted by Crippen LogP contribution is -2.32. The molecule has 1 aliphatic rings. The SMILES string of the molecule is C[C@H]1Cc2nc(C(=O)O)sc2CN1. The zero-order valence-electron chi connectivity index (χ0n) is 7.20. The van der Waals surface area contributed by atoms with Crippen LogP contribution in [0.1, 0.15) is 27.3 Å². The molecule has 0 fully saturated rings. The van der Waals surface area contributed by atoms with Gasteiger partial charge in [-0.25, -0.2) is 9.78 Å². The molecule has 0 saturated heterocycles. The van der Waals surface area contributed by atoms with E-state index in [-0.39, 0.29) is 5.01 Å². The van der Waals surface area contributed by atoms with Gasteiger partial charge in [-0.3, -0.25) is 0 Å². The molecule has 0 unspecified atom stereocenters. The van der Waals surface area contributed by atoms with E-state index in [9.17, 15) is 4.79 Å². The molecule has 70 valence electrons. The normalized spacial score (nSPS) is 21.2. The van der Waals surface area contributed by atoms with Crippen molar-refractivity contribution in [3.8, 4) is 0 Å². The molecule has 0 spiro atoms. The third-order valence-electron chi connectivity index (χ3n) is 2.07. The molecule has 2 rings (SSSR count). The van der Waals surface area contributed by atoms with Gasteiger partial charge < -0.3 is 10.4 Å². The Hall–Kier alpha value is -0.940. The van der Waals surface area contributed by atoms with Gasteiger partial charge in [0.1, 0.15) is 0 Å². The molecular formula is C8H10N2O2S. The number of fused-ring (bicyclic) bond motifs is 1. The number of carbonyl (C=O) groups is 1. The molecule has 4 nitrogen and oxygen atoms in total. The van der Waals surface area contributed by atoms with E-state index in [2.05, 4.69) is 17.2 Å². The summed E-state index contributed by atoms with van der Waals surface area (Å²) < 4.78 is 0. The van der Waals surface area contributed by atoms with Gasteiger partial charge in [0.15, 0.2) is 0 Å². The van der Waals surface area contributed by atoms with Crippen LogP contribution in [0.15, 0.2) is 0 Å². The molecule has 1 aliphatic heterocycles. The number of carboxylic acid groups (broad SMARTS) is 1. The lowest BCUT2D eigenvalue weighted by Gasteiger charge is -2.18. The van der Waals surface area contributed by atoms with E-state index in [1.165, 1.54) is 11.3 Å². The average molecular weight is 198 g/mol. The topological polar surface area (TPSA) is 62.2 Å². The number of nitrogens with zero attached hydrogens (tertiary/aromatic N) is 1. The minimum Gasteiger partial charge on any atom is -0.476 e. The Morgan fingerprint density at radius 2 is 2.54 bits per heavy atom. The Morgan fingerprint density at radius 3 is 3.23 bits per heavy atom. The van der Waals surface area contributed by atoms with Gasteiger partial charge in [0.25, 0.3) is 0 Å². The maximum absolute atomic E-state index is 10.6. The molecule has 0 saturated carbocycles. The molecule has 0 radical (unpaired) electrons. The van der Waals surface area contributed by atoms with E-state index >= 15 is 0 Å². The van der Waals surface area contributed by atoms with Crippen LogP contribution >= 0.6 is 11.3 Å². The third-order valence-corrected chi connectivity index (χ3v) is 3.16. The number of aromatic carboxylic acids is 1. The summed E-state index contributed by atoms with van der Waals surface area (Å²) in [4.78, 5) is 15.8. The molecule has 2 heterocycles. The Bertz CT molecular complexity index is 348. The van der Waals surface area contributed by atoms with Crippen LogP contribution < -0.4 is 5.32 Å². The molecular weight excluding hydrogens is 188 g/mol. The minimum atomic E-state index is -0.924. The highest BCUT2D eigenvalue weighted by molar-refractivity contribution is 7.13. The number of hydrogen-bond donors (Lipinski definition) is 2. The van der Waals surface area contributed by atoms with E-state index < -0.39 is 5.97 Å². The van der Waals surface area contributed by atoms with E-state index in [1.54, 1.807) is 0 Å². The molecule has 1 aromatic rings. The van der Waals surface area contributed by atoms with Crippen LogP contribution in [0.25, 0.3) is 0 Å². The summed E-state index contributed by atoms with van der Waals surface area (Å²) in [6.45, 7) is 2.82. The summed E-state index contributed by atoms with van der Waals surface area (Å²) in [6, 6.07) is 0.399. The van der Waals surface area contributed by atoms with Crippen molar-refractivity contribution in [1.82, 2.24) is 10.3 Å². The molecule has 0 amide bonds. The van der Waals surface area contributed by atoms with Crippen molar-refractivity contribution >= 4 is 17.3 Å². The minimum absolute atomic E-state index is 0.209. The smallest absolute Gasteiger partial charge is 0.365 e. The van der Waals surface area contributed by atoms with Crippen LogP contribution in [0.4, 0.5) is 0 Å². The standard InChI is InChI=1S/C8H10N2O2S/c1-4-2-5-6(3-9-4)13-7(10-5)8(11)12/h4,9H,2-3H2,1H3,(H,11,12)/t4-/m0/s1. The molecule has 1 aromatic heterocycles. The van der Waals surface area contributed by atoms with Crippen molar-refractivity contribution in [2.24, 2.45) is 0 Å². The maximum atomic E-state index is 10.6. The number of rotatable bonds is 1. The summed E-state index contributed by atoms with van der Waals surface area (Å²) in [5.74, 6) is -0.924. The molecule has 0 aliphatic carbocycles. The van der Waals surface area contributed by atoms with Crippen LogP contribution in [0.3, 0.4) is 0 Å². The van der Waals surface area contributed by atoms with E-state index in [4.69, 9.17) is 5.11 Å². The third kappa shape index (κ3) is 1.57. The first-order chi connectivity index (χ1) is 6.16. The van der Waals surface area contributed by atoms with Gasteiger partial charge >= 0.3 is 5.97 Å². The number of nitrogens with one attached hydrogen (secondary N) is 1. The van der Waals surface area contributed by atoms with Gasteiger partial charge in [0, 0.05) is 23.9 Å². The molecule has 0 bridgehead atoms. The highest BCUT2D eigenvalue weighted by Crippen LogP contribution is 2.23. The van der Waals surface area contributed by atoms with Crippen molar-refractivity contribution in [2.45, 2.75) is 25.9 Å². The fraction of sp³-hybridized carbons (Fsp3) is 0.500. The predicted octanol–water partition coefficient (Wildman–Crippen LogP) is 0.875. The Balaban J connectivity index is 2.33. The van der Waals surface area contributed by atoms with Gasteiger partial charge in [0.2, 0.25) is 5.01 Å². The average Bonchev–Trinajstić information content (AvgIpc) is 2.46. The largest absolute Gasteiger partial charge is 0.476 e. The lowest BCUT2D eigenvalue weighted by atomic mass is 10.1. The number of carboxylic acids is 1. The highest BCUT2D eigenvalue weighted by atomic mass is 32.1. The summed E-state index contributed by atoms with van der Waals surface area (Å²) in [5.41, 5.74) is 0.952. The zero-order valence-corrected chi connectivity index (χ0v) is 8.02. The van der Waals surface area contributed by atoms with Gasteiger partial charge in [-0.05, 0) is 6.92 Å². The number of hydrogen-bond acceptors (Lipinski definition) is 4. The van der Waals surface area contributed by atoms with E-state index in [1.807, 2.05) is 0 Å². The monoisotopic (exact) mass is 198 g/mol. The van der Waals surface area contributed by atoms with Crippen molar-refractivity contribution in [3.05, 3.63) is 15.6 Å². The lowest BCUT2D eigenvalue weighted by molar-refractivity contribution is 0.0696. The highest BCUT2D eigenvalue weighted by Gasteiger charge is 2.21. The van der Waals surface area contributed by atoms with Crippen LogP contribution in [0.2, 0.25) is 0 Å². The van der Waals surface area contributed by atoms with Crippen molar-refractivity contribution in [1.29, 1.82) is 0 Å². The second-order valence-electron chi connectivity index (χ2n) is 3.18. The molecule has 5 heteroatoms. The van der Waals surface area contributed by atoms with Gasteiger partial charge in [-0.2, -0.15) is 0 Å². The Labute approximate surface area is 79.6 Å².